The van der Waals surface area contributed by atoms with E-state index in [0.717, 1.165) is 11.4 Å². The second kappa shape index (κ2) is 13.6. The van der Waals surface area contributed by atoms with Crippen LogP contribution >= 0.6 is 23.2 Å². The minimum Gasteiger partial charge on any atom is -0.493 e. The fourth-order valence-corrected chi connectivity index (χ4v) is 3.41. The highest BCUT2D eigenvalue weighted by molar-refractivity contribution is 6.43. The van der Waals surface area contributed by atoms with Crippen LogP contribution in [0.1, 0.15) is 27.7 Å². The summed E-state index contributed by atoms with van der Waals surface area (Å²) in [6.07, 6.45) is 8.44. The molecule has 0 amide bonds. The van der Waals surface area contributed by atoms with Crippen molar-refractivity contribution in [3.05, 3.63) is 58.2 Å². The van der Waals surface area contributed by atoms with Crippen molar-refractivity contribution in [2.24, 2.45) is 15.9 Å². The van der Waals surface area contributed by atoms with E-state index >= 15 is 0 Å². The van der Waals surface area contributed by atoms with E-state index in [-0.39, 0.29) is 29.3 Å². The lowest BCUT2D eigenvalue weighted by atomic mass is 9.92. The second-order valence-corrected chi connectivity index (χ2v) is 8.10. The third-order valence-electron chi connectivity index (χ3n) is 4.87. The van der Waals surface area contributed by atoms with Crippen LogP contribution in [-0.2, 0) is 18.9 Å². The van der Waals surface area contributed by atoms with E-state index in [1.807, 2.05) is 45.9 Å². The lowest BCUT2D eigenvalue weighted by Crippen LogP contribution is -2.40. The molecule has 0 spiro atoms. The average Bonchev–Trinajstić information content (AvgIpc) is 3.03. The Bertz CT molecular complexity index is 877. The van der Waals surface area contributed by atoms with Gasteiger partial charge in [0.25, 0.3) is 0 Å². The molecule has 1 saturated heterocycles. The maximum absolute atomic E-state index is 6.14. The number of ether oxygens (including phenoxy) is 4. The predicted molar refractivity (Wildman–Crippen MR) is 135 cm³/mol. The van der Waals surface area contributed by atoms with Gasteiger partial charge in [-0.3, -0.25) is 0 Å². The predicted octanol–water partition coefficient (Wildman–Crippen LogP) is 5.05. The lowest BCUT2D eigenvalue weighted by molar-refractivity contribution is 0.00145. The molecule has 0 aromatic heterocycles. The molecule has 9 heteroatoms. The van der Waals surface area contributed by atoms with Crippen molar-refractivity contribution in [3.8, 4) is 0 Å². The summed E-state index contributed by atoms with van der Waals surface area (Å²) in [6, 6.07) is 0. The Hall–Kier alpha value is -2.06. The molecule has 33 heavy (non-hydrogen) atoms. The van der Waals surface area contributed by atoms with Gasteiger partial charge in [0.05, 0.1) is 54.7 Å². The van der Waals surface area contributed by atoms with Gasteiger partial charge in [-0.25, -0.2) is 9.98 Å². The number of nitrogens with zero attached hydrogens (tertiary/aromatic N) is 2. The number of aliphatic imine (C=N–C) groups is 2. The first-order chi connectivity index (χ1) is 15.9. The van der Waals surface area contributed by atoms with Crippen LogP contribution in [0.2, 0.25) is 0 Å². The number of allylic oxidation sites excluding steroid dienone is 5. The average molecular weight is 498 g/mol. The number of rotatable bonds is 7. The monoisotopic (exact) mass is 497 g/mol. The van der Waals surface area contributed by atoms with E-state index in [1.165, 1.54) is 6.34 Å². The molecule has 0 aromatic carbocycles. The van der Waals surface area contributed by atoms with Crippen molar-refractivity contribution in [2.75, 3.05) is 26.9 Å². The van der Waals surface area contributed by atoms with E-state index < -0.39 is 0 Å². The summed E-state index contributed by atoms with van der Waals surface area (Å²) in [5, 5.41) is 3.97. The van der Waals surface area contributed by atoms with Crippen LogP contribution < -0.4 is 5.32 Å². The summed E-state index contributed by atoms with van der Waals surface area (Å²) in [5.74, 6) is 1.04. The Morgan fingerprint density at radius 1 is 1.24 bits per heavy atom. The summed E-state index contributed by atoms with van der Waals surface area (Å²) >= 11 is 12.0. The Morgan fingerprint density at radius 3 is 2.67 bits per heavy atom. The Morgan fingerprint density at radius 2 is 2.00 bits per heavy atom. The lowest BCUT2D eigenvalue weighted by Gasteiger charge is -2.31. The van der Waals surface area contributed by atoms with Crippen LogP contribution in [0.15, 0.2) is 68.1 Å². The van der Waals surface area contributed by atoms with Crippen molar-refractivity contribution in [3.63, 3.8) is 0 Å². The zero-order chi connectivity index (χ0) is 24.4. The highest BCUT2D eigenvalue weighted by Crippen LogP contribution is 2.29. The van der Waals surface area contributed by atoms with Gasteiger partial charge in [-0.2, -0.15) is 0 Å². The highest BCUT2D eigenvalue weighted by Gasteiger charge is 2.32. The Kier molecular flexibility index (Phi) is 11.2. The first-order valence-electron chi connectivity index (χ1n) is 11.0. The van der Waals surface area contributed by atoms with Gasteiger partial charge in [-0.1, -0.05) is 49.7 Å². The normalized spacial score (nSPS) is 27.5. The Balaban J connectivity index is 0.00000187. The second-order valence-electron chi connectivity index (χ2n) is 7.24. The molecule has 4 atom stereocenters. The van der Waals surface area contributed by atoms with Crippen molar-refractivity contribution in [1.82, 2.24) is 5.32 Å². The molecule has 1 fully saturated rings. The zero-order valence-electron chi connectivity index (χ0n) is 19.8. The Labute approximate surface area is 206 Å². The minimum atomic E-state index is -0.309. The molecule has 3 aliphatic rings. The third-order valence-corrected chi connectivity index (χ3v) is 5.51. The molecule has 0 bridgehead atoms. The number of fused-ring (bicyclic) bond motifs is 1. The fourth-order valence-electron chi connectivity index (χ4n) is 3.24. The molecular formula is C24H33Cl2N3O4. The first-order valence-corrected chi connectivity index (χ1v) is 11.7. The van der Waals surface area contributed by atoms with Gasteiger partial charge in [0.1, 0.15) is 18.6 Å². The number of hydrogen-bond donors (Lipinski definition) is 1. The molecule has 7 nitrogen and oxygen atoms in total. The van der Waals surface area contributed by atoms with Gasteiger partial charge in [0, 0.05) is 11.8 Å². The molecule has 0 aromatic rings. The SMILES string of the molecule is C=C(Cl)/C(Cl)=C\C(=C/C)NC1N=CN=C2C=C(O[C@H]3COCC(C)OC3)C(OC)=CC21.CC. The molecule has 3 unspecified atom stereocenters. The number of nitrogens with one attached hydrogen (secondary N) is 1. The quantitative estimate of drug-likeness (QED) is 0.497. The largest absolute Gasteiger partial charge is 0.493 e. The van der Waals surface area contributed by atoms with Gasteiger partial charge >= 0.3 is 0 Å². The summed E-state index contributed by atoms with van der Waals surface area (Å²) in [4.78, 5) is 8.92. The van der Waals surface area contributed by atoms with E-state index in [9.17, 15) is 0 Å². The summed E-state index contributed by atoms with van der Waals surface area (Å²) in [6.45, 7) is 12.9. The smallest absolute Gasteiger partial charge is 0.163 e. The van der Waals surface area contributed by atoms with Crippen molar-refractivity contribution in [2.45, 2.75) is 46.1 Å². The summed E-state index contributed by atoms with van der Waals surface area (Å²) in [5.41, 5.74) is 1.56. The molecule has 1 N–H and O–H groups in total. The van der Waals surface area contributed by atoms with E-state index in [2.05, 4.69) is 21.9 Å². The van der Waals surface area contributed by atoms with Gasteiger partial charge in [-0.15, -0.1) is 0 Å². The third kappa shape index (κ3) is 7.74. The van der Waals surface area contributed by atoms with Crippen LogP contribution in [0.3, 0.4) is 0 Å². The van der Waals surface area contributed by atoms with Gasteiger partial charge in [0.2, 0.25) is 0 Å². The van der Waals surface area contributed by atoms with Crippen molar-refractivity contribution in [1.29, 1.82) is 0 Å². The standard InChI is InChI=1S/C22H27Cl2N3O4.C2H6/c1-5-15(6-18(24)14(3)23)27-22-17-7-20(28-4)21(8-19(17)25-12-26-22)31-16-10-29-9-13(2)30-11-16;1-2/h5-8,12-13,16-17,22,27H,3,9-11H2,1-2,4H3;1-2H3/b15-5+,18-6+;/t13?,16-,17?,22?;/m0./s1. The molecule has 1 aliphatic carbocycles. The van der Waals surface area contributed by atoms with E-state index in [0.29, 0.717) is 36.4 Å². The minimum absolute atomic E-state index is 0.0425. The topological polar surface area (TPSA) is 73.7 Å². The van der Waals surface area contributed by atoms with Gasteiger partial charge in [0.15, 0.2) is 11.5 Å². The van der Waals surface area contributed by atoms with Crippen LogP contribution in [-0.4, -0.2) is 57.4 Å². The highest BCUT2D eigenvalue weighted by atomic mass is 35.5. The van der Waals surface area contributed by atoms with E-state index in [1.54, 1.807) is 13.2 Å². The van der Waals surface area contributed by atoms with Crippen LogP contribution in [0.25, 0.3) is 0 Å². The number of methoxy groups -OCH3 is 1. The van der Waals surface area contributed by atoms with Gasteiger partial charge < -0.3 is 24.3 Å². The molecule has 0 radical (unpaired) electrons. The molecule has 3 rings (SSSR count). The molecule has 2 heterocycles. The molecule has 0 saturated carbocycles. The number of halogens is 2. The fraction of sp³-hybridized carbons (Fsp3) is 0.500. The molecule has 182 valence electrons. The van der Waals surface area contributed by atoms with E-state index in [4.69, 9.17) is 42.1 Å². The van der Waals surface area contributed by atoms with Gasteiger partial charge in [-0.05, 0) is 26.0 Å². The van der Waals surface area contributed by atoms with Crippen LogP contribution in [0.4, 0.5) is 0 Å². The van der Waals surface area contributed by atoms with Crippen molar-refractivity contribution < 1.29 is 18.9 Å². The maximum atomic E-state index is 6.14. The molecule has 2 aliphatic heterocycles. The summed E-state index contributed by atoms with van der Waals surface area (Å²) in [7, 11) is 1.60. The first kappa shape index (κ1) is 27.2. The molecular weight excluding hydrogens is 465 g/mol. The van der Waals surface area contributed by atoms with Crippen LogP contribution in [0.5, 0.6) is 0 Å². The summed E-state index contributed by atoms with van der Waals surface area (Å²) < 4.78 is 23.1. The zero-order valence-corrected chi connectivity index (χ0v) is 21.3. The van der Waals surface area contributed by atoms with Crippen molar-refractivity contribution >= 4 is 35.3 Å². The number of hydrogen-bond acceptors (Lipinski definition) is 7. The van der Waals surface area contributed by atoms with Crippen LogP contribution in [0, 0.1) is 5.92 Å². The maximum Gasteiger partial charge on any atom is 0.163 e.